The topological polar surface area (TPSA) is 26.3 Å². The van der Waals surface area contributed by atoms with Crippen molar-refractivity contribution < 1.29 is 0 Å². The van der Waals surface area contributed by atoms with Gasteiger partial charge in [-0.2, -0.15) is 0 Å². The molecule has 0 aromatic rings. The van der Waals surface area contributed by atoms with E-state index in [1.807, 2.05) is 13.8 Å². The molecule has 0 aliphatic carbocycles. The van der Waals surface area contributed by atoms with Gasteiger partial charge in [-0.05, 0) is 13.5 Å². The predicted molar refractivity (Wildman–Crippen MR) is 35.4 cm³/mol. The van der Waals surface area contributed by atoms with Crippen molar-refractivity contribution in [3.05, 3.63) is 17.4 Å². The first-order chi connectivity index (χ1) is 3.66. The summed E-state index contributed by atoms with van der Waals surface area (Å²) in [6.07, 6.45) is 0. The van der Waals surface area contributed by atoms with Gasteiger partial charge in [0.2, 0.25) is 0 Å². The molecule has 2 heteroatoms. The normalized spacial score (nSPS) is 10.0. The van der Waals surface area contributed by atoms with Crippen LogP contribution in [0.5, 0.6) is 0 Å². The lowest BCUT2D eigenvalue weighted by Gasteiger charge is -2.25. The molecule has 0 amide bonds. The standard InChI is InChI=1S/C6H12NO/c1-4-7(8)5-6(2)3/h2,4-5H2,1,3H3/q-1. The molecule has 0 N–H and O–H groups in total. The van der Waals surface area contributed by atoms with Gasteiger partial charge in [0.15, 0.2) is 0 Å². The van der Waals surface area contributed by atoms with E-state index in [0.717, 1.165) is 10.6 Å². The molecule has 8 heavy (non-hydrogen) atoms. The summed E-state index contributed by atoms with van der Waals surface area (Å²) in [5, 5.41) is 11.5. The van der Waals surface area contributed by atoms with Crippen LogP contribution in [0, 0.1) is 5.21 Å². The molecule has 0 bridgehead atoms. The van der Waals surface area contributed by atoms with Crippen LogP contribution in [-0.4, -0.2) is 18.2 Å². The lowest BCUT2D eigenvalue weighted by Crippen LogP contribution is -2.16. The largest absolute Gasteiger partial charge is 0.785 e. The predicted octanol–water partition coefficient (Wildman–Crippen LogP) is 1.38. The number of rotatable bonds is 3. The summed E-state index contributed by atoms with van der Waals surface area (Å²) >= 11 is 0. The highest BCUT2D eigenvalue weighted by Gasteiger charge is 1.84. The van der Waals surface area contributed by atoms with Crippen LogP contribution in [0.2, 0.25) is 0 Å². The van der Waals surface area contributed by atoms with Gasteiger partial charge < -0.3 is 10.3 Å². The number of likely N-dealkylation sites (N-methyl/N-ethyl adjacent to an activating group) is 1. The van der Waals surface area contributed by atoms with Crippen molar-refractivity contribution in [1.29, 1.82) is 0 Å². The van der Waals surface area contributed by atoms with Crippen molar-refractivity contribution in [1.82, 2.24) is 5.06 Å². The Kier molecular flexibility index (Phi) is 3.48. The third-order valence-electron chi connectivity index (χ3n) is 0.799. The summed E-state index contributed by atoms with van der Waals surface area (Å²) in [7, 11) is 0. The zero-order chi connectivity index (χ0) is 6.57. The fourth-order valence-electron chi connectivity index (χ4n) is 0.413. The van der Waals surface area contributed by atoms with Crippen molar-refractivity contribution in [2.24, 2.45) is 0 Å². The zero-order valence-corrected chi connectivity index (χ0v) is 5.48. The first kappa shape index (κ1) is 7.66. The van der Waals surface area contributed by atoms with E-state index in [4.69, 9.17) is 0 Å². The third kappa shape index (κ3) is 3.84. The molecule has 0 rings (SSSR count). The molecule has 0 spiro atoms. The maximum absolute atomic E-state index is 10.5. The molecule has 2 nitrogen and oxygen atoms in total. The lowest BCUT2D eigenvalue weighted by molar-refractivity contribution is 0.432. The average Bonchev–Trinajstić information content (AvgIpc) is 1.65. The third-order valence-corrected chi connectivity index (χ3v) is 0.799. The molecule has 0 aliphatic heterocycles. The van der Waals surface area contributed by atoms with E-state index in [1.54, 1.807) is 0 Å². The highest BCUT2D eigenvalue weighted by atomic mass is 16.5. The maximum Gasteiger partial charge on any atom is 0.00668 e. The van der Waals surface area contributed by atoms with Crippen LogP contribution in [-0.2, 0) is 0 Å². The Balaban J connectivity index is 3.24. The van der Waals surface area contributed by atoms with Gasteiger partial charge in [0.25, 0.3) is 0 Å². The number of hydrogen-bond donors (Lipinski definition) is 0. The maximum atomic E-state index is 10.5. The van der Waals surface area contributed by atoms with Gasteiger partial charge in [-0.1, -0.05) is 19.1 Å². The molecule has 0 heterocycles. The van der Waals surface area contributed by atoms with Gasteiger partial charge >= 0.3 is 0 Å². The van der Waals surface area contributed by atoms with Crippen LogP contribution in [0.4, 0.5) is 0 Å². The van der Waals surface area contributed by atoms with Gasteiger partial charge in [0.05, 0.1) is 0 Å². The van der Waals surface area contributed by atoms with Gasteiger partial charge in [-0.3, -0.25) is 0 Å². The van der Waals surface area contributed by atoms with Gasteiger partial charge in [0, 0.05) is 6.54 Å². The Hall–Kier alpha value is -0.340. The Bertz CT molecular complexity index is 80.6. The van der Waals surface area contributed by atoms with E-state index in [1.165, 1.54) is 0 Å². The first-order valence-electron chi connectivity index (χ1n) is 2.73. The van der Waals surface area contributed by atoms with Crippen molar-refractivity contribution in [3.63, 3.8) is 0 Å². The summed E-state index contributed by atoms with van der Waals surface area (Å²) in [6.45, 7) is 8.30. The molecule has 0 fully saturated rings. The van der Waals surface area contributed by atoms with Crippen LogP contribution < -0.4 is 0 Å². The zero-order valence-electron chi connectivity index (χ0n) is 5.48. The summed E-state index contributed by atoms with van der Waals surface area (Å²) in [6, 6.07) is 0. The van der Waals surface area contributed by atoms with Gasteiger partial charge in [-0.25, -0.2) is 0 Å². The van der Waals surface area contributed by atoms with Crippen molar-refractivity contribution >= 4 is 0 Å². The molecular formula is C6H12NO-. The van der Waals surface area contributed by atoms with Crippen molar-refractivity contribution in [2.45, 2.75) is 13.8 Å². The molecule has 0 aromatic carbocycles. The van der Waals surface area contributed by atoms with E-state index < -0.39 is 0 Å². The Labute approximate surface area is 50.4 Å². The summed E-state index contributed by atoms with van der Waals surface area (Å²) in [5.41, 5.74) is 0.918. The van der Waals surface area contributed by atoms with Crippen LogP contribution in [0.1, 0.15) is 13.8 Å². The van der Waals surface area contributed by atoms with E-state index >= 15 is 0 Å². The molecule has 0 saturated heterocycles. The molecule has 0 saturated carbocycles. The van der Waals surface area contributed by atoms with E-state index in [0.29, 0.717) is 13.1 Å². The second-order valence-corrected chi connectivity index (χ2v) is 1.91. The lowest BCUT2D eigenvalue weighted by atomic mass is 10.3. The first-order valence-corrected chi connectivity index (χ1v) is 2.73. The van der Waals surface area contributed by atoms with Crippen LogP contribution >= 0.6 is 0 Å². The fraction of sp³-hybridized carbons (Fsp3) is 0.667. The van der Waals surface area contributed by atoms with E-state index in [-0.39, 0.29) is 0 Å². The minimum atomic E-state index is 0.469. The van der Waals surface area contributed by atoms with Crippen molar-refractivity contribution in [3.8, 4) is 0 Å². The number of hydroxylamine groups is 2. The van der Waals surface area contributed by atoms with E-state index in [9.17, 15) is 5.21 Å². The SMILES string of the molecule is C=C(C)CN([O-])CC. The summed E-state index contributed by atoms with van der Waals surface area (Å²) < 4.78 is 0. The molecule has 0 aromatic heterocycles. The second kappa shape index (κ2) is 3.64. The summed E-state index contributed by atoms with van der Waals surface area (Å²) in [5.74, 6) is 0. The molecule has 0 radical (unpaired) electrons. The number of hydrogen-bond acceptors (Lipinski definition) is 2. The van der Waals surface area contributed by atoms with Crippen LogP contribution in [0.3, 0.4) is 0 Å². The smallest absolute Gasteiger partial charge is 0.00668 e. The quantitative estimate of drug-likeness (QED) is 0.409. The monoisotopic (exact) mass is 114 g/mol. The molecule has 0 aliphatic rings. The molecule has 0 unspecified atom stereocenters. The molecule has 48 valence electrons. The Morgan fingerprint density at radius 1 is 1.75 bits per heavy atom. The van der Waals surface area contributed by atoms with Crippen LogP contribution in [0.25, 0.3) is 0 Å². The highest BCUT2D eigenvalue weighted by molar-refractivity contribution is 4.91. The van der Waals surface area contributed by atoms with E-state index in [2.05, 4.69) is 6.58 Å². The van der Waals surface area contributed by atoms with Gasteiger partial charge in [-0.15, -0.1) is 0 Å². The minimum absolute atomic E-state index is 0.469. The van der Waals surface area contributed by atoms with Crippen LogP contribution in [0.15, 0.2) is 12.2 Å². The highest BCUT2D eigenvalue weighted by Crippen LogP contribution is 1.90. The van der Waals surface area contributed by atoms with Gasteiger partial charge in [0.1, 0.15) is 0 Å². The molecular weight excluding hydrogens is 102 g/mol. The summed E-state index contributed by atoms with van der Waals surface area (Å²) in [4.78, 5) is 0. The minimum Gasteiger partial charge on any atom is -0.785 e. The average molecular weight is 114 g/mol. The Morgan fingerprint density at radius 2 is 2.25 bits per heavy atom. The van der Waals surface area contributed by atoms with Crippen molar-refractivity contribution in [2.75, 3.05) is 13.1 Å². The number of nitrogens with zero attached hydrogens (tertiary/aromatic N) is 1. The Morgan fingerprint density at radius 3 is 2.38 bits per heavy atom. The fourth-order valence-corrected chi connectivity index (χ4v) is 0.413. The second-order valence-electron chi connectivity index (χ2n) is 1.91. The molecule has 0 atom stereocenters.